The van der Waals surface area contributed by atoms with E-state index >= 15 is 0 Å². The molecule has 2 unspecified atom stereocenters. The summed E-state index contributed by atoms with van der Waals surface area (Å²) in [6, 6.07) is 13.6. The van der Waals surface area contributed by atoms with Gasteiger partial charge in [0.25, 0.3) is 0 Å². The van der Waals surface area contributed by atoms with Crippen molar-refractivity contribution in [3.63, 3.8) is 0 Å². The minimum Gasteiger partial charge on any atom is -0.491 e. The van der Waals surface area contributed by atoms with Crippen LogP contribution in [0.15, 0.2) is 34.1 Å². The molecular formula is C32H45N5O2S. The van der Waals surface area contributed by atoms with Crippen LogP contribution >= 0.6 is 11.8 Å². The van der Waals surface area contributed by atoms with Crippen molar-refractivity contribution >= 4 is 23.1 Å². The number of anilines is 2. The number of hydrogen-bond acceptors (Lipinski definition) is 8. The Morgan fingerprint density at radius 1 is 0.800 bits per heavy atom. The first-order valence-corrected chi connectivity index (χ1v) is 15.5. The number of rotatable bonds is 15. The first-order chi connectivity index (χ1) is 19.4. The normalized spacial score (nSPS) is 13.8. The molecular weight excluding hydrogens is 518 g/mol. The molecule has 0 aliphatic carbocycles. The van der Waals surface area contributed by atoms with Crippen molar-refractivity contribution < 1.29 is 9.47 Å². The fourth-order valence-electron chi connectivity index (χ4n) is 5.55. The number of hydrogen-bond donors (Lipinski definition) is 0. The highest BCUT2D eigenvalue weighted by Gasteiger charge is 2.34. The van der Waals surface area contributed by atoms with Gasteiger partial charge in [0.1, 0.15) is 29.0 Å². The zero-order valence-corrected chi connectivity index (χ0v) is 26.1. The second-order valence-corrected chi connectivity index (χ2v) is 11.1. The summed E-state index contributed by atoms with van der Waals surface area (Å²) in [5.74, 6) is 0.969. The standard InChI is InChI=1S/C32H45N5O2S/c1-8-35(9-2)23(6)17-19-38-30-25(21-33)26(22-34)31(39-20-18-24(7)36(10-3)11-4)32-29(30)37(12-5)27-15-13-14-16-28(27)40-32/h13-16,23-24H,8-12,17-20H2,1-7H3. The van der Waals surface area contributed by atoms with E-state index < -0.39 is 0 Å². The lowest BCUT2D eigenvalue weighted by Gasteiger charge is -2.35. The summed E-state index contributed by atoms with van der Waals surface area (Å²) in [5, 5.41) is 20.7. The van der Waals surface area contributed by atoms with Crippen molar-refractivity contribution in [2.45, 2.75) is 83.2 Å². The number of benzene rings is 2. The molecule has 0 spiro atoms. The summed E-state index contributed by atoms with van der Waals surface area (Å²) in [4.78, 5) is 8.92. The van der Waals surface area contributed by atoms with Gasteiger partial charge in [0.2, 0.25) is 0 Å². The zero-order chi connectivity index (χ0) is 29.2. The molecule has 3 rings (SSSR count). The number of nitriles is 2. The Bertz CT molecular complexity index is 1210. The van der Waals surface area contributed by atoms with Crippen LogP contribution < -0.4 is 14.4 Å². The lowest BCUT2D eigenvalue weighted by Crippen LogP contribution is -2.34. The second kappa shape index (κ2) is 15.2. The molecule has 1 heterocycles. The minimum atomic E-state index is 0.252. The topological polar surface area (TPSA) is 75.8 Å². The molecule has 0 aromatic heterocycles. The van der Waals surface area contributed by atoms with Gasteiger partial charge >= 0.3 is 0 Å². The predicted octanol–water partition coefficient (Wildman–Crippen LogP) is 7.05. The van der Waals surface area contributed by atoms with Gasteiger partial charge in [-0.15, -0.1) is 0 Å². The van der Waals surface area contributed by atoms with Gasteiger partial charge in [-0.25, -0.2) is 0 Å². The number of ether oxygens (including phenoxy) is 2. The van der Waals surface area contributed by atoms with E-state index in [4.69, 9.17) is 9.47 Å². The van der Waals surface area contributed by atoms with Crippen LogP contribution in [0.5, 0.6) is 11.5 Å². The molecule has 1 aliphatic rings. The third-order valence-electron chi connectivity index (χ3n) is 7.95. The van der Waals surface area contributed by atoms with Gasteiger partial charge < -0.3 is 24.2 Å². The Hall–Kier alpha value is -2.91. The maximum Gasteiger partial charge on any atom is 0.163 e. The maximum absolute atomic E-state index is 10.4. The van der Waals surface area contributed by atoms with Gasteiger partial charge in [0.15, 0.2) is 11.5 Å². The smallest absolute Gasteiger partial charge is 0.163 e. The zero-order valence-electron chi connectivity index (χ0n) is 25.3. The van der Waals surface area contributed by atoms with Gasteiger partial charge in [-0.1, -0.05) is 51.6 Å². The van der Waals surface area contributed by atoms with E-state index in [1.54, 1.807) is 11.8 Å². The molecule has 0 saturated heterocycles. The van der Waals surface area contributed by atoms with Gasteiger partial charge in [0.05, 0.1) is 23.8 Å². The van der Waals surface area contributed by atoms with Gasteiger partial charge in [-0.2, -0.15) is 10.5 Å². The first-order valence-electron chi connectivity index (χ1n) is 14.7. The van der Waals surface area contributed by atoms with Crippen LogP contribution in [0.25, 0.3) is 0 Å². The molecule has 8 heteroatoms. The lowest BCUT2D eigenvalue weighted by atomic mass is 10.0. The van der Waals surface area contributed by atoms with Crippen LogP contribution in [0.4, 0.5) is 11.4 Å². The summed E-state index contributed by atoms with van der Waals surface area (Å²) < 4.78 is 12.9. The van der Waals surface area contributed by atoms with Crippen molar-refractivity contribution in [3.05, 3.63) is 35.4 Å². The predicted molar refractivity (Wildman–Crippen MR) is 164 cm³/mol. The van der Waals surface area contributed by atoms with E-state index in [2.05, 4.69) is 87.4 Å². The molecule has 0 amide bonds. The second-order valence-electron chi connectivity index (χ2n) is 10.0. The molecule has 0 radical (unpaired) electrons. The van der Waals surface area contributed by atoms with Crippen LogP contribution in [-0.4, -0.2) is 67.8 Å². The largest absolute Gasteiger partial charge is 0.491 e. The Balaban J connectivity index is 2.07. The first kappa shape index (κ1) is 31.6. The molecule has 2 aromatic rings. The summed E-state index contributed by atoms with van der Waals surface area (Å²) in [7, 11) is 0. The van der Waals surface area contributed by atoms with E-state index in [0.717, 1.165) is 60.2 Å². The van der Waals surface area contributed by atoms with Crippen molar-refractivity contribution in [3.8, 4) is 23.6 Å². The van der Waals surface area contributed by atoms with Gasteiger partial charge in [-0.05, 0) is 71.9 Å². The number of nitrogens with zero attached hydrogens (tertiary/aromatic N) is 5. The summed E-state index contributed by atoms with van der Waals surface area (Å²) >= 11 is 1.59. The van der Waals surface area contributed by atoms with E-state index in [9.17, 15) is 10.5 Å². The van der Waals surface area contributed by atoms with E-state index in [1.807, 2.05) is 12.1 Å². The third kappa shape index (κ3) is 6.69. The average molecular weight is 564 g/mol. The molecule has 216 valence electrons. The molecule has 0 fully saturated rings. The molecule has 40 heavy (non-hydrogen) atoms. The molecule has 0 saturated carbocycles. The molecule has 2 atom stereocenters. The maximum atomic E-state index is 10.4. The molecule has 1 aliphatic heterocycles. The monoisotopic (exact) mass is 563 g/mol. The Kier molecular flexibility index (Phi) is 12.0. The Morgan fingerprint density at radius 2 is 1.30 bits per heavy atom. The highest BCUT2D eigenvalue weighted by Crippen LogP contribution is 2.57. The SMILES string of the molecule is CCN1c2ccccc2Sc2c(OCCC(C)N(CC)CC)c(C#N)c(C#N)c(OCCC(C)N(CC)CC)c21. The quantitative estimate of drug-likeness (QED) is 0.228. The highest BCUT2D eigenvalue weighted by molar-refractivity contribution is 7.99. The average Bonchev–Trinajstić information content (AvgIpc) is 2.97. The van der Waals surface area contributed by atoms with Gasteiger partial charge in [0, 0.05) is 23.5 Å². The van der Waals surface area contributed by atoms with Crippen molar-refractivity contribution in [2.24, 2.45) is 0 Å². The molecule has 0 bridgehead atoms. The Labute approximate surface area is 245 Å². The van der Waals surface area contributed by atoms with Gasteiger partial charge in [-0.3, -0.25) is 0 Å². The number of para-hydroxylation sites is 1. The van der Waals surface area contributed by atoms with Crippen LogP contribution in [-0.2, 0) is 0 Å². The Morgan fingerprint density at radius 3 is 1.80 bits per heavy atom. The van der Waals surface area contributed by atoms with Crippen LogP contribution in [0, 0.1) is 22.7 Å². The van der Waals surface area contributed by atoms with E-state index in [0.29, 0.717) is 43.3 Å². The van der Waals surface area contributed by atoms with Crippen molar-refractivity contribution in [1.29, 1.82) is 10.5 Å². The fraction of sp³-hybridized carbons (Fsp3) is 0.562. The van der Waals surface area contributed by atoms with E-state index in [1.165, 1.54) is 0 Å². The molecule has 7 nitrogen and oxygen atoms in total. The molecule has 0 N–H and O–H groups in total. The third-order valence-corrected chi connectivity index (χ3v) is 9.10. The van der Waals surface area contributed by atoms with Crippen LogP contribution in [0.3, 0.4) is 0 Å². The fourth-order valence-corrected chi connectivity index (χ4v) is 6.75. The lowest BCUT2D eigenvalue weighted by molar-refractivity contribution is 0.186. The van der Waals surface area contributed by atoms with Crippen LogP contribution in [0.1, 0.15) is 72.4 Å². The highest BCUT2D eigenvalue weighted by atomic mass is 32.2. The van der Waals surface area contributed by atoms with Crippen molar-refractivity contribution in [2.75, 3.05) is 50.8 Å². The summed E-state index contributed by atoms with van der Waals surface area (Å²) in [6.45, 7) is 20.7. The van der Waals surface area contributed by atoms with Crippen LogP contribution in [0.2, 0.25) is 0 Å². The summed E-state index contributed by atoms with van der Waals surface area (Å²) in [6.07, 6.45) is 1.64. The van der Waals surface area contributed by atoms with Crippen molar-refractivity contribution in [1.82, 2.24) is 9.80 Å². The molecule has 2 aromatic carbocycles. The minimum absolute atomic E-state index is 0.252. The summed E-state index contributed by atoms with van der Waals surface area (Å²) in [5.41, 5.74) is 2.40. The van der Waals surface area contributed by atoms with E-state index in [-0.39, 0.29) is 11.1 Å². The number of fused-ring (bicyclic) bond motifs is 2.